The smallest absolute Gasteiger partial charge is 0.0476 e. The van der Waals surface area contributed by atoms with E-state index in [2.05, 4.69) is 34.8 Å². The average molecular weight is 324 g/mol. The van der Waals surface area contributed by atoms with Crippen molar-refractivity contribution in [2.24, 2.45) is 0 Å². The van der Waals surface area contributed by atoms with Crippen molar-refractivity contribution in [1.29, 1.82) is 0 Å². The highest BCUT2D eigenvalue weighted by Crippen LogP contribution is 2.22. The van der Waals surface area contributed by atoms with E-state index in [-0.39, 0.29) is 0 Å². The summed E-state index contributed by atoms with van der Waals surface area (Å²) in [5.74, 6) is 0. The van der Waals surface area contributed by atoms with Gasteiger partial charge in [0, 0.05) is 20.8 Å². The molecule has 1 N–H and O–H groups in total. The molecule has 3 heteroatoms. The fourth-order valence-corrected chi connectivity index (χ4v) is 2.29. The zero-order valence-corrected chi connectivity index (χ0v) is 11.2. The summed E-state index contributed by atoms with van der Waals surface area (Å²) in [6.07, 6.45) is 3.78. The average Bonchev–Trinajstić information content (AvgIpc) is 2.15. The molecular formula is C11H15ClIN. The fourth-order valence-electron chi connectivity index (χ4n) is 1.23. The lowest BCUT2D eigenvalue weighted by Gasteiger charge is -2.08. The van der Waals surface area contributed by atoms with Crippen molar-refractivity contribution in [2.75, 3.05) is 11.9 Å². The number of halogens is 2. The predicted octanol–water partition coefficient (Wildman–Crippen LogP) is 4.55. The quantitative estimate of drug-likeness (QED) is 0.619. The molecule has 1 aromatic rings. The number of nitrogens with one attached hydrogen (secondary N) is 1. The van der Waals surface area contributed by atoms with Gasteiger partial charge in [-0.25, -0.2) is 0 Å². The van der Waals surface area contributed by atoms with Crippen molar-refractivity contribution >= 4 is 39.9 Å². The Hall–Kier alpha value is 0.0400. The molecule has 0 aliphatic rings. The molecule has 0 aliphatic heterocycles. The lowest BCUT2D eigenvalue weighted by atomic mass is 10.2. The van der Waals surface area contributed by atoms with E-state index in [1.165, 1.54) is 28.5 Å². The van der Waals surface area contributed by atoms with Crippen molar-refractivity contribution < 1.29 is 0 Å². The third-order valence-electron chi connectivity index (χ3n) is 2.03. The second-order valence-corrected chi connectivity index (χ2v) is 4.86. The van der Waals surface area contributed by atoms with Crippen LogP contribution >= 0.6 is 34.2 Å². The molecule has 1 aromatic carbocycles. The van der Waals surface area contributed by atoms with Gasteiger partial charge in [-0.3, -0.25) is 0 Å². The molecule has 0 spiro atoms. The number of unbranched alkanes of at least 4 members (excludes halogenated alkanes) is 2. The fraction of sp³-hybridized carbons (Fsp3) is 0.455. The lowest BCUT2D eigenvalue weighted by Crippen LogP contribution is -2.02. The maximum absolute atomic E-state index is 5.87. The van der Waals surface area contributed by atoms with Crippen LogP contribution in [0.2, 0.25) is 5.02 Å². The molecule has 0 bridgehead atoms. The summed E-state index contributed by atoms with van der Waals surface area (Å²) in [5.41, 5.74) is 1.19. The third kappa shape index (κ3) is 4.05. The van der Waals surface area contributed by atoms with Gasteiger partial charge in [0.2, 0.25) is 0 Å². The molecule has 0 atom stereocenters. The molecule has 0 saturated heterocycles. The van der Waals surface area contributed by atoms with Crippen molar-refractivity contribution in [3.05, 3.63) is 26.8 Å². The molecule has 0 aromatic heterocycles. The minimum Gasteiger partial charge on any atom is -0.384 e. The van der Waals surface area contributed by atoms with Crippen LogP contribution in [-0.4, -0.2) is 6.54 Å². The Morgan fingerprint density at radius 1 is 1.36 bits per heavy atom. The molecule has 0 unspecified atom stereocenters. The molecule has 0 saturated carbocycles. The van der Waals surface area contributed by atoms with E-state index in [4.69, 9.17) is 11.6 Å². The van der Waals surface area contributed by atoms with Crippen molar-refractivity contribution in [3.8, 4) is 0 Å². The van der Waals surface area contributed by atoms with E-state index in [0.717, 1.165) is 11.6 Å². The molecule has 0 radical (unpaired) electrons. The van der Waals surface area contributed by atoms with E-state index < -0.39 is 0 Å². The highest BCUT2D eigenvalue weighted by molar-refractivity contribution is 14.1. The summed E-state index contributed by atoms with van der Waals surface area (Å²) in [6.45, 7) is 3.26. The van der Waals surface area contributed by atoms with E-state index >= 15 is 0 Å². The van der Waals surface area contributed by atoms with Crippen LogP contribution in [0.4, 0.5) is 5.69 Å². The molecule has 14 heavy (non-hydrogen) atoms. The molecule has 1 nitrogen and oxygen atoms in total. The summed E-state index contributed by atoms with van der Waals surface area (Å²) in [6, 6.07) is 5.94. The second-order valence-electron chi connectivity index (χ2n) is 3.26. The van der Waals surface area contributed by atoms with Crippen LogP contribution in [0.15, 0.2) is 18.2 Å². The zero-order valence-electron chi connectivity index (χ0n) is 8.32. The standard InChI is InChI=1S/C11H15ClIN/c1-2-3-4-7-14-11-6-5-9(12)8-10(11)13/h5-6,8,14H,2-4,7H2,1H3. The second kappa shape index (κ2) is 6.51. The highest BCUT2D eigenvalue weighted by atomic mass is 127. The van der Waals surface area contributed by atoms with Crippen LogP contribution in [0.3, 0.4) is 0 Å². The SMILES string of the molecule is CCCCCNc1ccc(Cl)cc1I. The maximum atomic E-state index is 5.87. The summed E-state index contributed by atoms with van der Waals surface area (Å²) in [4.78, 5) is 0. The van der Waals surface area contributed by atoms with Gasteiger partial charge < -0.3 is 5.32 Å². The Bertz CT molecular complexity index is 289. The van der Waals surface area contributed by atoms with Crippen LogP contribution in [0.5, 0.6) is 0 Å². The van der Waals surface area contributed by atoms with Gasteiger partial charge >= 0.3 is 0 Å². The summed E-state index contributed by atoms with van der Waals surface area (Å²) in [5, 5.41) is 4.21. The van der Waals surface area contributed by atoms with Crippen molar-refractivity contribution in [1.82, 2.24) is 0 Å². The van der Waals surface area contributed by atoms with Gasteiger partial charge in [-0.1, -0.05) is 31.4 Å². The number of rotatable bonds is 5. The molecule has 1 rings (SSSR count). The normalized spacial score (nSPS) is 10.2. The topological polar surface area (TPSA) is 12.0 Å². The first-order valence-corrected chi connectivity index (χ1v) is 6.38. The van der Waals surface area contributed by atoms with Crippen LogP contribution in [-0.2, 0) is 0 Å². The van der Waals surface area contributed by atoms with Gasteiger partial charge in [0.25, 0.3) is 0 Å². The number of hydrogen-bond donors (Lipinski definition) is 1. The number of anilines is 1. The Labute approximate surface area is 104 Å². The summed E-state index contributed by atoms with van der Waals surface area (Å²) >= 11 is 8.17. The first-order valence-electron chi connectivity index (χ1n) is 4.93. The molecule has 0 fully saturated rings. The van der Waals surface area contributed by atoms with Gasteiger partial charge in [-0.15, -0.1) is 0 Å². The van der Waals surface area contributed by atoms with E-state index in [9.17, 15) is 0 Å². The molecule has 0 heterocycles. The van der Waals surface area contributed by atoms with E-state index in [1.54, 1.807) is 0 Å². The van der Waals surface area contributed by atoms with Gasteiger partial charge in [-0.05, 0) is 47.2 Å². The molecule has 78 valence electrons. The van der Waals surface area contributed by atoms with Gasteiger partial charge in [0.15, 0.2) is 0 Å². The predicted molar refractivity (Wildman–Crippen MR) is 72.2 cm³/mol. The number of hydrogen-bond acceptors (Lipinski definition) is 1. The van der Waals surface area contributed by atoms with Gasteiger partial charge in [0.05, 0.1) is 0 Å². The molecule has 0 aliphatic carbocycles. The largest absolute Gasteiger partial charge is 0.384 e. The van der Waals surface area contributed by atoms with E-state index in [1.807, 2.05) is 18.2 Å². The minimum atomic E-state index is 0.800. The Morgan fingerprint density at radius 3 is 2.79 bits per heavy atom. The van der Waals surface area contributed by atoms with Crippen LogP contribution in [0.1, 0.15) is 26.2 Å². The zero-order chi connectivity index (χ0) is 10.4. The molecular weight excluding hydrogens is 308 g/mol. The van der Waals surface area contributed by atoms with Crippen LogP contribution in [0.25, 0.3) is 0 Å². The highest BCUT2D eigenvalue weighted by Gasteiger charge is 1.98. The molecule has 0 amide bonds. The maximum Gasteiger partial charge on any atom is 0.0476 e. The minimum absolute atomic E-state index is 0.800. The first kappa shape index (κ1) is 12.1. The van der Waals surface area contributed by atoms with Crippen molar-refractivity contribution in [2.45, 2.75) is 26.2 Å². The lowest BCUT2D eigenvalue weighted by molar-refractivity contribution is 0.743. The summed E-state index contributed by atoms with van der Waals surface area (Å²) < 4.78 is 1.19. The van der Waals surface area contributed by atoms with Crippen LogP contribution in [0, 0.1) is 3.57 Å². The monoisotopic (exact) mass is 323 g/mol. The van der Waals surface area contributed by atoms with Gasteiger partial charge in [0.1, 0.15) is 0 Å². The van der Waals surface area contributed by atoms with E-state index in [0.29, 0.717) is 0 Å². The first-order chi connectivity index (χ1) is 6.74. The van der Waals surface area contributed by atoms with Crippen molar-refractivity contribution in [3.63, 3.8) is 0 Å². The Balaban J connectivity index is 2.42. The third-order valence-corrected chi connectivity index (χ3v) is 3.15. The van der Waals surface area contributed by atoms with Crippen LogP contribution < -0.4 is 5.32 Å². The summed E-state index contributed by atoms with van der Waals surface area (Å²) in [7, 11) is 0. The Kier molecular flexibility index (Phi) is 5.63. The Morgan fingerprint density at radius 2 is 2.14 bits per heavy atom. The number of benzene rings is 1. The van der Waals surface area contributed by atoms with Gasteiger partial charge in [-0.2, -0.15) is 0 Å².